The first-order valence-corrected chi connectivity index (χ1v) is 18.6. The topological polar surface area (TPSA) is 27.5 Å². The number of benzene rings is 7. The molecular weight excluding hydrogens is 671 g/mol. The van der Waals surface area contributed by atoms with Crippen LogP contribution in [0.4, 0.5) is 34.1 Å². The van der Waals surface area contributed by atoms with Crippen LogP contribution in [-0.2, 0) is 0 Å². The second-order valence-corrected chi connectivity index (χ2v) is 14.0. The van der Waals surface area contributed by atoms with Gasteiger partial charge in [0.1, 0.15) is 5.82 Å². The van der Waals surface area contributed by atoms with Gasteiger partial charge in [-0.2, -0.15) is 0 Å². The number of pyridine rings is 1. The zero-order valence-corrected chi connectivity index (χ0v) is 30.3. The molecule has 0 spiro atoms. The van der Waals surface area contributed by atoms with E-state index >= 15 is 0 Å². The Hall–Kier alpha value is -7.11. The zero-order valence-electron chi connectivity index (χ0n) is 33.3. The summed E-state index contributed by atoms with van der Waals surface area (Å²) in [6.07, 6.45) is 1.59. The van der Waals surface area contributed by atoms with Crippen LogP contribution in [0.3, 0.4) is 0 Å². The van der Waals surface area contributed by atoms with E-state index in [9.17, 15) is 0 Å². The Morgan fingerprint density at radius 1 is 0.564 bits per heavy atom. The lowest BCUT2D eigenvalue weighted by Crippen LogP contribution is -2.24. The van der Waals surface area contributed by atoms with Gasteiger partial charge in [0.25, 0.3) is 0 Å². The highest BCUT2D eigenvalue weighted by Crippen LogP contribution is 2.49. The van der Waals surface area contributed by atoms with Gasteiger partial charge in [-0.05, 0) is 84.2 Å². The third-order valence-corrected chi connectivity index (χ3v) is 10.7. The number of anilines is 6. The lowest BCUT2D eigenvalue weighted by Gasteiger charge is -2.31. The van der Waals surface area contributed by atoms with Gasteiger partial charge in [0, 0.05) is 56.3 Å². The second kappa shape index (κ2) is 13.4. The summed E-state index contributed by atoms with van der Waals surface area (Å²) in [5.41, 5.74) is 12.9. The lowest BCUT2D eigenvalue weighted by molar-refractivity contribution is 0.949. The minimum Gasteiger partial charge on any atom is -0.355 e. The summed E-state index contributed by atoms with van der Waals surface area (Å²) in [5.74, 6) is 0.553. The van der Waals surface area contributed by atoms with E-state index in [1.54, 1.807) is 18.3 Å². The summed E-state index contributed by atoms with van der Waals surface area (Å²) in [5, 5.41) is 2.11. The number of fused-ring (bicyclic) bond motifs is 4. The molecule has 5 heteroatoms. The Morgan fingerprint density at radius 2 is 1.22 bits per heavy atom. The highest BCUT2D eigenvalue weighted by Gasteiger charge is 2.27. The van der Waals surface area contributed by atoms with E-state index in [1.807, 2.05) is 12.1 Å². The van der Waals surface area contributed by atoms with Crippen molar-refractivity contribution in [1.29, 1.82) is 0 Å². The molecule has 0 unspecified atom stereocenters. The van der Waals surface area contributed by atoms with Crippen LogP contribution >= 0.6 is 0 Å². The highest BCUT2D eigenvalue weighted by molar-refractivity contribution is 6.11. The van der Waals surface area contributed by atoms with Crippen molar-refractivity contribution < 1.29 is 4.11 Å². The molecular formula is C50H39N5. The Bertz CT molecular complexity index is 2900. The van der Waals surface area contributed by atoms with E-state index in [1.165, 1.54) is 11.4 Å². The number of nitrogens with zero attached hydrogens (tertiary/aromatic N) is 5. The van der Waals surface area contributed by atoms with Crippen LogP contribution in [0.2, 0.25) is 0 Å². The quantitative estimate of drug-likeness (QED) is 0.164. The maximum Gasteiger partial charge on any atom is 0.137 e. The minimum atomic E-state index is -2.27. The molecule has 10 rings (SSSR count). The van der Waals surface area contributed by atoms with Crippen LogP contribution in [-0.4, -0.2) is 23.3 Å². The molecule has 0 bridgehead atoms. The predicted octanol–water partition coefficient (Wildman–Crippen LogP) is 12.8. The molecule has 55 heavy (non-hydrogen) atoms. The van der Waals surface area contributed by atoms with Gasteiger partial charge in [-0.1, -0.05) is 121 Å². The van der Waals surface area contributed by atoms with E-state index in [-0.39, 0.29) is 5.56 Å². The average molecular weight is 713 g/mol. The molecule has 0 aliphatic carbocycles. The molecule has 5 nitrogen and oxygen atoms in total. The van der Waals surface area contributed by atoms with Gasteiger partial charge < -0.3 is 14.7 Å². The highest BCUT2D eigenvalue weighted by atomic mass is 15.4. The molecule has 264 valence electrons. The molecule has 3 heterocycles. The molecule has 7 aromatic carbocycles. The first-order chi connectivity index (χ1) is 28.3. The molecule has 0 radical (unpaired) electrons. The monoisotopic (exact) mass is 712 g/mol. The number of hydrogen-bond acceptors (Lipinski definition) is 4. The van der Waals surface area contributed by atoms with Crippen molar-refractivity contribution in [1.82, 2.24) is 9.55 Å². The Labute approximate surface area is 325 Å². The van der Waals surface area contributed by atoms with E-state index < -0.39 is 6.85 Å². The first-order valence-electron chi connectivity index (χ1n) is 20.1. The molecule has 9 aromatic rings. The summed E-state index contributed by atoms with van der Waals surface area (Å²) in [4.78, 5) is 11.8. The van der Waals surface area contributed by atoms with Crippen LogP contribution < -0.4 is 14.7 Å². The van der Waals surface area contributed by atoms with Crippen molar-refractivity contribution in [2.24, 2.45) is 0 Å². The van der Waals surface area contributed by atoms with Gasteiger partial charge in [-0.25, -0.2) is 4.98 Å². The SMILES string of the molecule is [2H]C([2H])([2H])c1ccnc(-n2c3ccccc3c3ccc(N(c4cccc(N5CN(C)c6ccccc65)c4)c4c(-c5ccccc5)cccc4-c4ccccc4)cc32)c1. The van der Waals surface area contributed by atoms with E-state index in [0.717, 1.165) is 73.5 Å². The van der Waals surface area contributed by atoms with Crippen LogP contribution in [0.15, 0.2) is 188 Å². The molecule has 0 N–H and O–H groups in total. The van der Waals surface area contributed by atoms with Crippen molar-refractivity contribution in [3.63, 3.8) is 0 Å². The Morgan fingerprint density at radius 3 is 1.98 bits per heavy atom. The molecule has 1 aliphatic rings. The van der Waals surface area contributed by atoms with Crippen LogP contribution in [0.5, 0.6) is 0 Å². The van der Waals surface area contributed by atoms with Gasteiger partial charge in [-0.15, -0.1) is 0 Å². The maximum atomic E-state index is 8.20. The minimum absolute atomic E-state index is 0.247. The van der Waals surface area contributed by atoms with Crippen molar-refractivity contribution >= 4 is 55.9 Å². The fourth-order valence-corrected chi connectivity index (χ4v) is 8.18. The number of aryl methyl sites for hydroxylation is 1. The van der Waals surface area contributed by atoms with E-state index in [2.05, 4.69) is 184 Å². The summed E-state index contributed by atoms with van der Waals surface area (Å²) >= 11 is 0. The zero-order chi connectivity index (χ0) is 39.4. The number of aromatic nitrogens is 2. The van der Waals surface area contributed by atoms with Crippen LogP contribution in [0.25, 0.3) is 49.9 Å². The molecule has 0 saturated carbocycles. The fourth-order valence-electron chi connectivity index (χ4n) is 8.18. The van der Waals surface area contributed by atoms with Gasteiger partial charge in [0.2, 0.25) is 0 Å². The van der Waals surface area contributed by atoms with Crippen LogP contribution in [0, 0.1) is 6.85 Å². The third kappa shape index (κ3) is 5.60. The van der Waals surface area contributed by atoms with Gasteiger partial charge in [0.15, 0.2) is 0 Å². The normalized spacial score (nSPS) is 13.4. The largest absolute Gasteiger partial charge is 0.355 e. The standard InChI is InChI=1S/C50H39N5/c1-35-29-30-51-49(31-35)55-45-24-10-9-21-43(45)44-28-27-40(33-48(44)55)54(39-20-13-19-38(32-39)53-34-52(2)46-25-11-12-26-47(46)53)50-41(36-15-5-3-6-16-36)22-14-23-42(50)37-17-7-4-8-18-37/h3-33H,34H2,1-2H3/i1D3. The fraction of sp³-hybridized carbons (Fsp3) is 0.0600. The molecule has 0 fully saturated rings. The second-order valence-electron chi connectivity index (χ2n) is 14.0. The van der Waals surface area contributed by atoms with Gasteiger partial charge >= 0.3 is 0 Å². The van der Waals surface area contributed by atoms with Crippen molar-refractivity contribution in [3.05, 3.63) is 194 Å². The number of hydrogen-bond donors (Lipinski definition) is 0. The van der Waals surface area contributed by atoms with Crippen molar-refractivity contribution in [2.45, 2.75) is 6.85 Å². The third-order valence-electron chi connectivity index (χ3n) is 10.7. The number of para-hydroxylation sites is 4. The van der Waals surface area contributed by atoms with E-state index in [0.29, 0.717) is 5.82 Å². The van der Waals surface area contributed by atoms with Crippen LogP contribution in [0.1, 0.15) is 9.68 Å². The van der Waals surface area contributed by atoms with Crippen molar-refractivity contribution in [3.8, 4) is 28.1 Å². The molecule has 0 saturated heterocycles. The van der Waals surface area contributed by atoms with Gasteiger partial charge in [0.05, 0.1) is 34.8 Å². The molecule has 0 atom stereocenters. The Balaban J connectivity index is 1.27. The summed E-state index contributed by atoms with van der Waals surface area (Å²) in [7, 11) is 2.13. The summed E-state index contributed by atoms with van der Waals surface area (Å²) in [6.45, 7) is -1.55. The smallest absolute Gasteiger partial charge is 0.137 e. The lowest BCUT2D eigenvalue weighted by atomic mass is 9.94. The first kappa shape index (κ1) is 29.4. The average Bonchev–Trinajstić information content (AvgIpc) is 3.78. The van der Waals surface area contributed by atoms with Gasteiger partial charge in [-0.3, -0.25) is 4.57 Å². The maximum absolute atomic E-state index is 8.20. The Kier molecular flexibility index (Phi) is 7.14. The molecule has 0 amide bonds. The summed E-state index contributed by atoms with van der Waals surface area (Å²) in [6, 6.07) is 63.2. The predicted molar refractivity (Wildman–Crippen MR) is 231 cm³/mol. The summed E-state index contributed by atoms with van der Waals surface area (Å²) < 4.78 is 26.7. The number of rotatable bonds is 7. The van der Waals surface area contributed by atoms with E-state index in [4.69, 9.17) is 9.10 Å². The van der Waals surface area contributed by atoms with Crippen molar-refractivity contribution in [2.75, 3.05) is 28.4 Å². The molecule has 1 aliphatic heterocycles. The molecule has 2 aromatic heterocycles.